The van der Waals surface area contributed by atoms with E-state index in [1.54, 1.807) is 13.2 Å². The average molecular weight is 387 g/mol. The number of carbonyl (C=O) groups is 2. The van der Waals surface area contributed by atoms with Gasteiger partial charge in [-0.3, -0.25) is 9.59 Å². The Kier molecular flexibility index (Phi) is 9.36. The van der Waals surface area contributed by atoms with Gasteiger partial charge in [-0.05, 0) is 24.6 Å². The monoisotopic (exact) mass is 386 g/mol. The molecule has 0 saturated carbocycles. The van der Waals surface area contributed by atoms with Gasteiger partial charge >= 0.3 is 11.9 Å². The third-order valence-electron chi connectivity index (χ3n) is 3.18. The smallest absolute Gasteiger partial charge is 0.306 e. The summed E-state index contributed by atoms with van der Waals surface area (Å²) in [4.78, 5) is 23.2. The predicted molar refractivity (Wildman–Crippen MR) is 90.2 cm³/mol. The van der Waals surface area contributed by atoms with E-state index >= 15 is 0 Å². The number of benzene rings is 1. The molecule has 0 saturated heterocycles. The van der Waals surface area contributed by atoms with Crippen LogP contribution in [0.4, 0.5) is 0 Å². The van der Waals surface area contributed by atoms with Gasteiger partial charge in [-0.25, -0.2) is 0 Å². The highest BCUT2D eigenvalue weighted by molar-refractivity contribution is 9.10. The van der Waals surface area contributed by atoms with Gasteiger partial charge in [-0.1, -0.05) is 35.7 Å². The Labute approximate surface area is 145 Å². The lowest BCUT2D eigenvalue weighted by Crippen LogP contribution is -2.11. The molecule has 0 unspecified atom stereocenters. The van der Waals surface area contributed by atoms with Gasteiger partial charge in [0.25, 0.3) is 0 Å². The average Bonchev–Trinajstić information content (AvgIpc) is 2.55. The summed E-state index contributed by atoms with van der Waals surface area (Å²) in [7, 11) is 1.56. The maximum Gasteiger partial charge on any atom is 0.306 e. The van der Waals surface area contributed by atoms with Crippen molar-refractivity contribution in [3.63, 3.8) is 0 Å². The Hall–Kier alpha value is -1.56. The molecule has 1 rings (SSSR count). The van der Waals surface area contributed by atoms with Crippen molar-refractivity contribution >= 4 is 27.9 Å². The quantitative estimate of drug-likeness (QED) is 0.448. The Morgan fingerprint density at radius 3 is 2.43 bits per heavy atom. The molecule has 0 aromatic heterocycles. The molecule has 23 heavy (non-hydrogen) atoms. The van der Waals surface area contributed by atoms with E-state index in [9.17, 15) is 9.59 Å². The number of halogens is 1. The zero-order valence-corrected chi connectivity index (χ0v) is 15.2. The molecule has 0 heterocycles. The van der Waals surface area contributed by atoms with Gasteiger partial charge in [0.2, 0.25) is 0 Å². The van der Waals surface area contributed by atoms with Crippen molar-refractivity contribution in [3.8, 4) is 5.75 Å². The molecule has 128 valence electrons. The van der Waals surface area contributed by atoms with Gasteiger partial charge in [-0.2, -0.15) is 0 Å². The van der Waals surface area contributed by atoms with Crippen LogP contribution in [0.1, 0.15) is 44.6 Å². The fraction of sp³-hybridized carbons (Fsp3) is 0.529. The number of hydrogen-bond acceptors (Lipinski definition) is 5. The van der Waals surface area contributed by atoms with Crippen LogP contribution >= 0.6 is 15.9 Å². The lowest BCUT2D eigenvalue weighted by Gasteiger charge is -2.10. The molecular weight excluding hydrogens is 364 g/mol. The van der Waals surface area contributed by atoms with E-state index in [0.717, 1.165) is 29.3 Å². The molecule has 6 heteroatoms. The van der Waals surface area contributed by atoms with E-state index in [2.05, 4.69) is 22.9 Å². The minimum Gasteiger partial charge on any atom is -0.496 e. The fourth-order valence-electron chi connectivity index (χ4n) is 1.90. The molecule has 0 fully saturated rings. The molecule has 0 aliphatic carbocycles. The summed E-state index contributed by atoms with van der Waals surface area (Å²) in [6.45, 7) is 2.60. The second-order valence-corrected chi connectivity index (χ2v) is 5.96. The van der Waals surface area contributed by atoms with Crippen molar-refractivity contribution < 1.29 is 23.8 Å². The zero-order valence-electron chi connectivity index (χ0n) is 13.6. The number of methoxy groups -OCH3 is 1. The molecule has 0 radical (unpaired) electrons. The first kappa shape index (κ1) is 19.5. The number of hydrogen-bond donors (Lipinski definition) is 0. The first-order valence-electron chi connectivity index (χ1n) is 7.70. The highest BCUT2D eigenvalue weighted by Gasteiger charge is 2.11. The van der Waals surface area contributed by atoms with Gasteiger partial charge < -0.3 is 14.2 Å². The maximum atomic E-state index is 11.7. The lowest BCUT2D eigenvalue weighted by molar-refractivity contribution is -0.151. The predicted octanol–water partition coefficient (Wildman–Crippen LogP) is 4.01. The lowest BCUT2D eigenvalue weighted by atomic mass is 10.2. The van der Waals surface area contributed by atoms with Crippen molar-refractivity contribution in [3.05, 3.63) is 28.2 Å². The van der Waals surface area contributed by atoms with E-state index in [1.165, 1.54) is 0 Å². The molecule has 0 atom stereocenters. The number of carbonyl (C=O) groups excluding carboxylic acids is 2. The highest BCUT2D eigenvalue weighted by Crippen LogP contribution is 2.23. The molecule has 0 spiro atoms. The van der Waals surface area contributed by atoms with Gasteiger partial charge in [0.15, 0.2) is 0 Å². The topological polar surface area (TPSA) is 61.8 Å². The van der Waals surface area contributed by atoms with E-state index in [-0.39, 0.29) is 25.4 Å². The Balaban J connectivity index is 2.29. The third kappa shape index (κ3) is 8.02. The summed E-state index contributed by atoms with van der Waals surface area (Å²) < 4.78 is 16.3. The van der Waals surface area contributed by atoms with Crippen LogP contribution in [0, 0.1) is 0 Å². The van der Waals surface area contributed by atoms with Crippen molar-refractivity contribution in [2.45, 2.75) is 45.6 Å². The second kappa shape index (κ2) is 11.0. The molecule has 0 aliphatic rings. The third-order valence-corrected chi connectivity index (χ3v) is 3.67. The molecule has 0 N–H and O–H groups in total. The molecule has 5 nitrogen and oxygen atoms in total. The Bertz CT molecular complexity index is 516. The van der Waals surface area contributed by atoms with Gasteiger partial charge in [0.05, 0.1) is 26.6 Å². The molecule has 0 amide bonds. The summed E-state index contributed by atoms with van der Waals surface area (Å²) in [6, 6.07) is 5.47. The van der Waals surface area contributed by atoms with E-state index in [4.69, 9.17) is 14.2 Å². The number of ether oxygens (including phenoxy) is 3. The van der Waals surface area contributed by atoms with Crippen molar-refractivity contribution in [2.24, 2.45) is 0 Å². The van der Waals surface area contributed by atoms with Crippen molar-refractivity contribution in [2.75, 3.05) is 13.7 Å². The Morgan fingerprint density at radius 2 is 1.78 bits per heavy atom. The van der Waals surface area contributed by atoms with Crippen molar-refractivity contribution in [1.82, 2.24) is 0 Å². The van der Waals surface area contributed by atoms with Crippen LogP contribution in [-0.4, -0.2) is 25.7 Å². The summed E-state index contributed by atoms with van der Waals surface area (Å²) in [5, 5.41) is 0. The molecule has 0 bridgehead atoms. The fourth-order valence-corrected chi connectivity index (χ4v) is 2.31. The van der Waals surface area contributed by atoms with Gasteiger partial charge in [-0.15, -0.1) is 0 Å². The van der Waals surface area contributed by atoms with E-state index in [0.29, 0.717) is 12.4 Å². The van der Waals surface area contributed by atoms with Gasteiger partial charge in [0.1, 0.15) is 12.4 Å². The van der Waals surface area contributed by atoms with Crippen molar-refractivity contribution in [1.29, 1.82) is 0 Å². The van der Waals surface area contributed by atoms with Crippen LogP contribution < -0.4 is 4.74 Å². The molecule has 1 aromatic carbocycles. The number of esters is 2. The van der Waals surface area contributed by atoms with Crippen LogP contribution in [-0.2, 0) is 25.7 Å². The summed E-state index contributed by atoms with van der Waals surface area (Å²) in [5.74, 6) is -0.146. The molecular formula is C17H23BrO5. The molecule has 0 aliphatic heterocycles. The van der Waals surface area contributed by atoms with Crippen LogP contribution in [0.25, 0.3) is 0 Å². The standard InChI is InChI=1S/C17H23BrO5/c1-3-4-5-10-22-16(19)8-9-17(20)23-12-13-11-14(18)6-7-15(13)21-2/h6-7,11H,3-5,8-10,12H2,1-2H3. The first-order valence-corrected chi connectivity index (χ1v) is 8.49. The Morgan fingerprint density at radius 1 is 1.09 bits per heavy atom. The highest BCUT2D eigenvalue weighted by atomic mass is 79.9. The van der Waals surface area contributed by atoms with Crippen LogP contribution in [0.2, 0.25) is 0 Å². The SMILES string of the molecule is CCCCCOC(=O)CCC(=O)OCc1cc(Br)ccc1OC. The van der Waals surface area contributed by atoms with E-state index in [1.807, 2.05) is 12.1 Å². The first-order chi connectivity index (χ1) is 11.1. The normalized spacial score (nSPS) is 10.2. The van der Waals surface area contributed by atoms with E-state index < -0.39 is 5.97 Å². The zero-order chi connectivity index (χ0) is 17.1. The largest absolute Gasteiger partial charge is 0.496 e. The van der Waals surface area contributed by atoms with Crippen LogP contribution in [0.3, 0.4) is 0 Å². The van der Waals surface area contributed by atoms with Crippen LogP contribution in [0.5, 0.6) is 5.75 Å². The number of rotatable bonds is 10. The minimum absolute atomic E-state index is 0.0168. The summed E-state index contributed by atoms with van der Waals surface area (Å²) in [5.41, 5.74) is 0.761. The maximum absolute atomic E-state index is 11.7. The summed E-state index contributed by atoms with van der Waals surface area (Å²) in [6.07, 6.45) is 3.02. The summed E-state index contributed by atoms with van der Waals surface area (Å²) >= 11 is 3.36. The number of unbranched alkanes of at least 4 members (excludes halogenated alkanes) is 2. The molecule has 1 aromatic rings. The second-order valence-electron chi connectivity index (χ2n) is 5.04. The van der Waals surface area contributed by atoms with Gasteiger partial charge in [0, 0.05) is 10.0 Å². The minimum atomic E-state index is -0.433. The van der Waals surface area contributed by atoms with Crippen LogP contribution in [0.15, 0.2) is 22.7 Å².